The molecule has 2 N–H and O–H groups in total. The Bertz CT molecular complexity index is 623. The molecular weight excluding hydrogens is 286 g/mol. The van der Waals surface area contributed by atoms with E-state index >= 15 is 0 Å². The zero-order chi connectivity index (χ0) is 16.2. The molecule has 3 rings (SSSR count). The molecule has 0 saturated carbocycles. The molecule has 1 aliphatic rings. The van der Waals surface area contributed by atoms with Crippen LogP contribution in [-0.2, 0) is 13.0 Å². The smallest absolute Gasteiger partial charge is 0.0999 e. The third-order valence-electron chi connectivity index (χ3n) is 4.77. The van der Waals surface area contributed by atoms with Gasteiger partial charge in [0.1, 0.15) is 0 Å². The van der Waals surface area contributed by atoms with Crippen molar-refractivity contribution in [3.63, 3.8) is 0 Å². The third kappa shape index (κ3) is 3.39. The van der Waals surface area contributed by atoms with Crippen LogP contribution < -0.4 is 10.6 Å². The SMILES string of the molecule is CCCc1c(CN)nnn1-c1ccc(N2CCC(C)CC2)cc1. The molecular formula is C18H27N5. The summed E-state index contributed by atoms with van der Waals surface area (Å²) in [4.78, 5) is 2.48. The lowest BCUT2D eigenvalue weighted by molar-refractivity contribution is 0.438. The zero-order valence-corrected chi connectivity index (χ0v) is 14.2. The highest BCUT2D eigenvalue weighted by atomic mass is 15.4. The Morgan fingerprint density at radius 1 is 1.13 bits per heavy atom. The molecule has 0 spiro atoms. The summed E-state index contributed by atoms with van der Waals surface area (Å²) in [6, 6.07) is 8.68. The molecule has 5 heteroatoms. The maximum absolute atomic E-state index is 5.78. The lowest BCUT2D eigenvalue weighted by Crippen LogP contribution is -2.32. The summed E-state index contributed by atoms with van der Waals surface area (Å²) < 4.78 is 1.94. The predicted molar refractivity (Wildman–Crippen MR) is 93.9 cm³/mol. The van der Waals surface area contributed by atoms with Crippen molar-refractivity contribution in [2.75, 3.05) is 18.0 Å². The van der Waals surface area contributed by atoms with Gasteiger partial charge in [-0.1, -0.05) is 25.5 Å². The van der Waals surface area contributed by atoms with E-state index in [9.17, 15) is 0 Å². The molecule has 0 amide bonds. The summed E-state index contributed by atoms with van der Waals surface area (Å²) in [5, 5.41) is 8.53. The molecule has 0 radical (unpaired) electrons. The molecule has 0 aliphatic carbocycles. The van der Waals surface area contributed by atoms with Crippen molar-refractivity contribution in [1.82, 2.24) is 15.0 Å². The van der Waals surface area contributed by atoms with Crippen molar-refractivity contribution in [1.29, 1.82) is 0 Å². The second-order valence-corrected chi connectivity index (χ2v) is 6.53. The molecule has 0 unspecified atom stereocenters. The molecule has 1 saturated heterocycles. The fourth-order valence-electron chi connectivity index (χ4n) is 3.26. The Morgan fingerprint density at radius 2 is 1.78 bits per heavy atom. The van der Waals surface area contributed by atoms with Gasteiger partial charge >= 0.3 is 0 Å². The monoisotopic (exact) mass is 313 g/mol. The van der Waals surface area contributed by atoms with E-state index in [-0.39, 0.29) is 0 Å². The van der Waals surface area contributed by atoms with Gasteiger partial charge in [0.2, 0.25) is 0 Å². The van der Waals surface area contributed by atoms with Gasteiger partial charge in [-0.2, -0.15) is 0 Å². The molecule has 2 heterocycles. The first-order valence-corrected chi connectivity index (χ1v) is 8.71. The minimum absolute atomic E-state index is 0.444. The number of piperidine rings is 1. The van der Waals surface area contributed by atoms with Gasteiger partial charge in [-0.15, -0.1) is 5.10 Å². The van der Waals surface area contributed by atoms with Crippen LogP contribution in [0.3, 0.4) is 0 Å². The summed E-state index contributed by atoms with van der Waals surface area (Å²) in [6.07, 6.45) is 4.58. The van der Waals surface area contributed by atoms with Gasteiger partial charge in [0.05, 0.1) is 17.1 Å². The molecule has 1 aliphatic heterocycles. The molecule has 1 aromatic carbocycles. The fraction of sp³-hybridized carbons (Fsp3) is 0.556. The van der Waals surface area contributed by atoms with Crippen molar-refractivity contribution in [3.05, 3.63) is 35.7 Å². The standard InChI is InChI=1S/C18H27N5/c1-3-4-18-17(13-19)20-21-23(18)16-7-5-15(6-8-16)22-11-9-14(2)10-12-22/h5-8,14H,3-4,9-13,19H2,1-2H3. The summed E-state index contributed by atoms with van der Waals surface area (Å²) >= 11 is 0. The molecule has 0 bridgehead atoms. The topological polar surface area (TPSA) is 60.0 Å². The molecule has 2 aromatic rings. The summed E-state index contributed by atoms with van der Waals surface area (Å²) in [5.41, 5.74) is 10.2. The maximum atomic E-state index is 5.78. The van der Waals surface area contributed by atoms with E-state index in [0.717, 1.165) is 48.9 Å². The lowest BCUT2D eigenvalue weighted by Gasteiger charge is -2.32. The van der Waals surface area contributed by atoms with Crippen LogP contribution >= 0.6 is 0 Å². The lowest BCUT2D eigenvalue weighted by atomic mass is 9.99. The van der Waals surface area contributed by atoms with Gasteiger partial charge in [0.15, 0.2) is 0 Å². The van der Waals surface area contributed by atoms with E-state index < -0.39 is 0 Å². The number of aromatic nitrogens is 3. The van der Waals surface area contributed by atoms with E-state index in [2.05, 4.69) is 53.3 Å². The van der Waals surface area contributed by atoms with Crippen LogP contribution in [0.25, 0.3) is 5.69 Å². The van der Waals surface area contributed by atoms with Gasteiger partial charge in [-0.25, -0.2) is 4.68 Å². The Hall–Kier alpha value is -1.88. The molecule has 1 fully saturated rings. The highest BCUT2D eigenvalue weighted by Crippen LogP contribution is 2.24. The average molecular weight is 313 g/mol. The minimum Gasteiger partial charge on any atom is -0.372 e. The van der Waals surface area contributed by atoms with Crippen molar-refractivity contribution in [3.8, 4) is 5.69 Å². The first-order chi connectivity index (χ1) is 11.2. The van der Waals surface area contributed by atoms with Gasteiger partial charge < -0.3 is 10.6 Å². The third-order valence-corrected chi connectivity index (χ3v) is 4.77. The highest BCUT2D eigenvalue weighted by Gasteiger charge is 2.17. The maximum Gasteiger partial charge on any atom is 0.0999 e. The number of benzene rings is 1. The second-order valence-electron chi connectivity index (χ2n) is 6.53. The molecule has 5 nitrogen and oxygen atoms in total. The Balaban J connectivity index is 1.81. The van der Waals surface area contributed by atoms with Crippen LogP contribution in [0.15, 0.2) is 24.3 Å². The van der Waals surface area contributed by atoms with Gasteiger partial charge in [-0.3, -0.25) is 0 Å². The largest absolute Gasteiger partial charge is 0.372 e. The fourth-order valence-corrected chi connectivity index (χ4v) is 3.26. The van der Waals surface area contributed by atoms with Crippen LogP contribution in [0, 0.1) is 5.92 Å². The van der Waals surface area contributed by atoms with Crippen LogP contribution in [-0.4, -0.2) is 28.1 Å². The quantitative estimate of drug-likeness (QED) is 0.922. The number of nitrogens with two attached hydrogens (primary N) is 1. The van der Waals surface area contributed by atoms with Crippen LogP contribution in [0.2, 0.25) is 0 Å². The second kappa shape index (κ2) is 7.13. The normalized spacial score (nSPS) is 16.0. The number of anilines is 1. The summed E-state index contributed by atoms with van der Waals surface area (Å²) in [5.74, 6) is 0.854. The van der Waals surface area contributed by atoms with Gasteiger partial charge in [0, 0.05) is 25.3 Å². The van der Waals surface area contributed by atoms with E-state index in [1.54, 1.807) is 0 Å². The van der Waals surface area contributed by atoms with E-state index in [1.165, 1.54) is 18.5 Å². The number of hydrogen-bond acceptors (Lipinski definition) is 4. The number of rotatable bonds is 5. The van der Waals surface area contributed by atoms with Crippen LogP contribution in [0.4, 0.5) is 5.69 Å². The first kappa shape index (κ1) is 16.0. The Kier molecular flexibility index (Phi) is 4.96. The average Bonchev–Trinajstić information content (AvgIpc) is 2.99. The van der Waals surface area contributed by atoms with E-state index in [0.29, 0.717) is 6.54 Å². The molecule has 124 valence electrons. The van der Waals surface area contributed by atoms with Crippen LogP contribution in [0.1, 0.15) is 44.5 Å². The van der Waals surface area contributed by atoms with Crippen molar-refractivity contribution < 1.29 is 0 Å². The highest BCUT2D eigenvalue weighted by molar-refractivity contribution is 5.51. The van der Waals surface area contributed by atoms with E-state index in [1.807, 2.05) is 4.68 Å². The molecule has 23 heavy (non-hydrogen) atoms. The van der Waals surface area contributed by atoms with Gasteiger partial charge in [-0.05, 0) is 49.4 Å². The molecule has 0 atom stereocenters. The summed E-state index contributed by atoms with van der Waals surface area (Å²) in [7, 11) is 0. The van der Waals surface area contributed by atoms with Crippen molar-refractivity contribution in [2.45, 2.75) is 46.1 Å². The molecule has 1 aromatic heterocycles. The zero-order valence-electron chi connectivity index (χ0n) is 14.2. The van der Waals surface area contributed by atoms with Crippen LogP contribution in [0.5, 0.6) is 0 Å². The Labute approximate surface area is 138 Å². The minimum atomic E-state index is 0.444. The number of hydrogen-bond donors (Lipinski definition) is 1. The van der Waals surface area contributed by atoms with Crippen molar-refractivity contribution >= 4 is 5.69 Å². The van der Waals surface area contributed by atoms with Gasteiger partial charge in [0.25, 0.3) is 0 Å². The first-order valence-electron chi connectivity index (χ1n) is 8.71. The summed E-state index contributed by atoms with van der Waals surface area (Å²) in [6.45, 7) is 7.26. The van der Waals surface area contributed by atoms with Crippen molar-refractivity contribution in [2.24, 2.45) is 11.7 Å². The predicted octanol–water partition coefficient (Wildman–Crippen LogP) is 2.91. The Morgan fingerprint density at radius 3 is 2.39 bits per heavy atom. The number of nitrogens with zero attached hydrogens (tertiary/aromatic N) is 4. The van der Waals surface area contributed by atoms with E-state index in [4.69, 9.17) is 5.73 Å².